The summed E-state index contributed by atoms with van der Waals surface area (Å²) in [5, 5.41) is 6.92. The van der Waals surface area contributed by atoms with Gasteiger partial charge in [0.25, 0.3) is 5.91 Å². The molecule has 1 unspecified atom stereocenters. The number of ether oxygens (including phenoxy) is 1. The summed E-state index contributed by atoms with van der Waals surface area (Å²) >= 11 is 1.52. The van der Waals surface area contributed by atoms with Gasteiger partial charge < -0.3 is 10.1 Å². The number of amides is 1. The van der Waals surface area contributed by atoms with Crippen LogP contribution in [-0.2, 0) is 18.2 Å². The van der Waals surface area contributed by atoms with Crippen LogP contribution in [0.4, 0.5) is 0 Å². The molecule has 112 valence electrons. The molecule has 2 aromatic rings. The number of nitrogens with zero attached hydrogens (tertiary/aromatic N) is 3. The number of rotatable bonds is 5. The summed E-state index contributed by atoms with van der Waals surface area (Å²) in [4.78, 5) is 18.1. The number of carbonyl (C=O) groups excluding carboxylic acids is 1. The molecule has 1 fully saturated rings. The van der Waals surface area contributed by atoms with Crippen molar-refractivity contribution in [3.05, 3.63) is 34.0 Å². The number of hydrogen-bond acceptors (Lipinski definition) is 5. The molecule has 0 spiro atoms. The van der Waals surface area contributed by atoms with Crippen molar-refractivity contribution in [2.24, 2.45) is 7.05 Å². The first-order valence-electron chi connectivity index (χ1n) is 7.06. The van der Waals surface area contributed by atoms with Crippen molar-refractivity contribution < 1.29 is 9.53 Å². The molecule has 1 atom stereocenters. The highest BCUT2D eigenvalue weighted by atomic mass is 32.1. The van der Waals surface area contributed by atoms with Crippen molar-refractivity contribution in [3.63, 3.8) is 0 Å². The zero-order chi connectivity index (χ0) is 14.7. The Morgan fingerprint density at radius 2 is 2.48 bits per heavy atom. The van der Waals surface area contributed by atoms with Gasteiger partial charge in [-0.3, -0.25) is 9.48 Å². The average molecular weight is 306 g/mol. The topological polar surface area (TPSA) is 69.0 Å². The zero-order valence-electron chi connectivity index (χ0n) is 11.9. The first-order chi connectivity index (χ1) is 10.2. The number of thiophene rings is 1. The van der Waals surface area contributed by atoms with Crippen LogP contribution in [-0.4, -0.2) is 33.8 Å². The number of nitrogens with one attached hydrogen (secondary N) is 1. The van der Waals surface area contributed by atoms with Crippen LogP contribution in [0.5, 0.6) is 0 Å². The largest absolute Gasteiger partial charge is 0.373 e. The molecule has 0 saturated carbocycles. The first kappa shape index (κ1) is 14.2. The van der Waals surface area contributed by atoms with Crippen LogP contribution in [0, 0.1) is 0 Å². The van der Waals surface area contributed by atoms with E-state index in [1.54, 1.807) is 4.68 Å². The second kappa shape index (κ2) is 6.36. The predicted molar refractivity (Wildman–Crippen MR) is 79.3 cm³/mol. The van der Waals surface area contributed by atoms with E-state index in [1.165, 1.54) is 17.7 Å². The maximum atomic E-state index is 12.1. The maximum Gasteiger partial charge on any atom is 0.261 e. The van der Waals surface area contributed by atoms with E-state index < -0.39 is 0 Å². The van der Waals surface area contributed by atoms with Crippen molar-refractivity contribution >= 4 is 17.2 Å². The molecule has 3 rings (SSSR count). The van der Waals surface area contributed by atoms with Gasteiger partial charge in [0.2, 0.25) is 0 Å². The van der Waals surface area contributed by atoms with Gasteiger partial charge in [-0.25, -0.2) is 4.98 Å². The molecule has 1 aliphatic rings. The standard InChI is InChI=1S/C14H18N4O2S/c1-18-13(16-9-17-18)6-7-15-14(19)12-5-4-11(21-12)10-3-2-8-20-10/h4-5,9-10H,2-3,6-8H2,1H3,(H,15,19). The highest BCUT2D eigenvalue weighted by Gasteiger charge is 2.20. The van der Waals surface area contributed by atoms with Crippen LogP contribution in [0.3, 0.4) is 0 Å². The van der Waals surface area contributed by atoms with Crippen molar-refractivity contribution in [3.8, 4) is 0 Å². The zero-order valence-corrected chi connectivity index (χ0v) is 12.7. The Morgan fingerprint density at radius 1 is 1.57 bits per heavy atom. The molecule has 1 N–H and O–H groups in total. The normalized spacial score (nSPS) is 18.0. The fourth-order valence-corrected chi connectivity index (χ4v) is 3.38. The average Bonchev–Trinajstić information content (AvgIpc) is 3.19. The van der Waals surface area contributed by atoms with Gasteiger partial charge in [0.05, 0.1) is 11.0 Å². The molecule has 0 radical (unpaired) electrons. The quantitative estimate of drug-likeness (QED) is 0.913. The van der Waals surface area contributed by atoms with Crippen molar-refractivity contribution in [1.29, 1.82) is 0 Å². The van der Waals surface area contributed by atoms with Crippen LogP contribution in [0.15, 0.2) is 18.5 Å². The van der Waals surface area contributed by atoms with Gasteiger partial charge >= 0.3 is 0 Å². The van der Waals surface area contributed by atoms with Gasteiger partial charge in [-0.15, -0.1) is 11.3 Å². The Bertz CT molecular complexity index is 616. The summed E-state index contributed by atoms with van der Waals surface area (Å²) in [6.07, 6.45) is 4.52. The molecule has 3 heterocycles. The highest BCUT2D eigenvalue weighted by Crippen LogP contribution is 2.33. The monoisotopic (exact) mass is 306 g/mol. The maximum absolute atomic E-state index is 12.1. The van der Waals surface area contributed by atoms with Crippen molar-refractivity contribution in [1.82, 2.24) is 20.1 Å². The van der Waals surface area contributed by atoms with E-state index in [0.29, 0.717) is 13.0 Å². The third-order valence-corrected chi connectivity index (χ3v) is 4.71. The van der Waals surface area contributed by atoms with E-state index in [1.807, 2.05) is 19.2 Å². The minimum Gasteiger partial charge on any atom is -0.373 e. The van der Waals surface area contributed by atoms with Gasteiger partial charge in [-0.05, 0) is 25.0 Å². The van der Waals surface area contributed by atoms with Crippen LogP contribution < -0.4 is 5.32 Å². The van der Waals surface area contributed by atoms with Crippen molar-refractivity contribution in [2.45, 2.75) is 25.4 Å². The van der Waals surface area contributed by atoms with Crippen LogP contribution in [0.1, 0.15) is 39.3 Å². The molecule has 21 heavy (non-hydrogen) atoms. The molecule has 1 saturated heterocycles. The second-order valence-electron chi connectivity index (χ2n) is 5.01. The van der Waals surface area contributed by atoms with Gasteiger partial charge in [0.15, 0.2) is 0 Å². The molecule has 7 heteroatoms. The summed E-state index contributed by atoms with van der Waals surface area (Å²) < 4.78 is 7.35. The van der Waals surface area contributed by atoms with Crippen LogP contribution >= 0.6 is 11.3 Å². The van der Waals surface area contributed by atoms with Crippen molar-refractivity contribution in [2.75, 3.05) is 13.2 Å². The minimum absolute atomic E-state index is 0.0357. The van der Waals surface area contributed by atoms with E-state index in [9.17, 15) is 4.79 Å². The smallest absolute Gasteiger partial charge is 0.261 e. The first-order valence-corrected chi connectivity index (χ1v) is 7.88. The SMILES string of the molecule is Cn1ncnc1CCNC(=O)c1ccc(C2CCCO2)s1. The molecular formula is C14H18N4O2S. The molecule has 2 aromatic heterocycles. The van der Waals surface area contributed by atoms with Gasteiger partial charge in [0, 0.05) is 31.5 Å². The Labute approximate surface area is 127 Å². The predicted octanol–water partition coefficient (Wildman–Crippen LogP) is 1.70. The highest BCUT2D eigenvalue weighted by molar-refractivity contribution is 7.14. The Kier molecular flexibility index (Phi) is 4.31. The summed E-state index contributed by atoms with van der Waals surface area (Å²) in [7, 11) is 1.84. The number of carbonyl (C=O) groups is 1. The second-order valence-corrected chi connectivity index (χ2v) is 6.12. The summed E-state index contributed by atoms with van der Waals surface area (Å²) in [6.45, 7) is 1.38. The summed E-state index contributed by atoms with van der Waals surface area (Å²) in [5.41, 5.74) is 0. The Balaban J connectivity index is 1.52. The van der Waals surface area contributed by atoms with Gasteiger partial charge in [-0.2, -0.15) is 5.10 Å². The molecule has 1 amide bonds. The number of hydrogen-bond donors (Lipinski definition) is 1. The lowest BCUT2D eigenvalue weighted by molar-refractivity contribution is 0.0958. The third kappa shape index (κ3) is 3.30. The fourth-order valence-electron chi connectivity index (χ4n) is 2.37. The molecule has 1 aliphatic heterocycles. The number of aryl methyl sites for hydroxylation is 1. The lowest BCUT2D eigenvalue weighted by atomic mass is 10.2. The van der Waals surface area contributed by atoms with Gasteiger partial charge in [0.1, 0.15) is 12.2 Å². The third-order valence-electron chi connectivity index (χ3n) is 3.54. The number of aromatic nitrogens is 3. The fraction of sp³-hybridized carbons (Fsp3) is 0.500. The van der Waals surface area contributed by atoms with E-state index in [-0.39, 0.29) is 12.0 Å². The Morgan fingerprint density at radius 3 is 3.19 bits per heavy atom. The minimum atomic E-state index is -0.0357. The molecular weight excluding hydrogens is 288 g/mol. The molecule has 0 aromatic carbocycles. The van der Waals surface area contributed by atoms with E-state index in [2.05, 4.69) is 15.4 Å². The molecule has 0 bridgehead atoms. The summed E-state index contributed by atoms with van der Waals surface area (Å²) in [6, 6.07) is 3.87. The van der Waals surface area contributed by atoms with E-state index in [0.717, 1.165) is 35.0 Å². The van der Waals surface area contributed by atoms with E-state index in [4.69, 9.17) is 4.74 Å². The van der Waals surface area contributed by atoms with Gasteiger partial charge in [-0.1, -0.05) is 0 Å². The summed E-state index contributed by atoms with van der Waals surface area (Å²) in [5.74, 6) is 0.827. The molecule has 6 nitrogen and oxygen atoms in total. The lowest BCUT2D eigenvalue weighted by Gasteiger charge is -2.05. The van der Waals surface area contributed by atoms with Crippen LogP contribution in [0.2, 0.25) is 0 Å². The molecule has 0 aliphatic carbocycles. The lowest BCUT2D eigenvalue weighted by Crippen LogP contribution is -2.25. The van der Waals surface area contributed by atoms with Crippen LogP contribution in [0.25, 0.3) is 0 Å². The Hall–Kier alpha value is -1.73. The van der Waals surface area contributed by atoms with E-state index >= 15 is 0 Å².